The highest BCUT2D eigenvalue weighted by Gasteiger charge is 2.35. The van der Waals surface area contributed by atoms with Crippen molar-refractivity contribution >= 4 is 13.8 Å². The predicted molar refractivity (Wildman–Crippen MR) is 219 cm³/mol. The van der Waals surface area contributed by atoms with Crippen LogP contribution in [0.5, 0.6) is 0 Å². The Bertz CT molecular complexity index is 1020. The van der Waals surface area contributed by atoms with E-state index in [2.05, 4.69) is 38.2 Å². The van der Waals surface area contributed by atoms with E-state index in [-0.39, 0.29) is 45.0 Å². The van der Waals surface area contributed by atoms with Crippen molar-refractivity contribution in [3.05, 3.63) is 48.6 Å². The minimum absolute atomic E-state index is 0.0667. The minimum Gasteiger partial charge on any atom is -0.457 e. The van der Waals surface area contributed by atoms with Gasteiger partial charge in [-0.05, 0) is 38.5 Å². The first-order valence-corrected chi connectivity index (χ1v) is 22.8. The van der Waals surface area contributed by atoms with Gasteiger partial charge in [-0.15, -0.1) is 0 Å². The number of allylic oxidation sites excluding steroid dienone is 7. The molecule has 1 saturated heterocycles. The number of carbonyl (C=O) groups is 1. The molecule has 4 atom stereocenters. The molecule has 1 aliphatic heterocycles. The molecule has 0 radical (unpaired) electrons. The van der Waals surface area contributed by atoms with Crippen molar-refractivity contribution in [3.63, 3.8) is 0 Å². The highest BCUT2D eigenvalue weighted by atomic mass is 31.2. The van der Waals surface area contributed by atoms with Gasteiger partial charge in [0, 0.05) is 19.6 Å². The quantitative estimate of drug-likeness (QED) is 0.0157. The molecule has 0 aromatic rings. The molecule has 308 valence electrons. The lowest BCUT2D eigenvalue weighted by atomic mass is 10.0. The Kier molecular flexibility index (Phi) is 33.7. The van der Waals surface area contributed by atoms with E-state index < -0.39 is 19.9 Å². The number of epoxide rings is 1. The molecule has 1 fully saturated rings. The standard InChI is InChI=1S/C43H78NO8P/c1-3-5-7-9-11-13-15-17-18-19-20-22-24-26-28-30-36-48-38-40(39-50-53(46,47)49-37-35-44)51-43(45)34-31-33-42-41(52-42)32-29-27-25-23-21-16-14-12-10-8-6-4-2/h12,14,21,23,25,27,29,32,40-42H,3-11,13,15-20,22,24,26,28,30-31,33-39,44H2,1-2H3,(H,46,47)/b14-12+,23-21+,27-25-,32-29-. The fraction of sp³-hybridized carbons (Fsp3) is 0.791. The van der Waals surface area contributed by atoms with Gasteiger partial charge in [0.05, 0.1) is 25.9 Å². The molecule has 0 bridgehead atoms. The van der Waals surface area contributed by atoms with E-state index in [0.29, 0.717) is 13.0 Å². The lowest BCUT2D eigenvalue weighted by molar-refractivity contribution is -0.154. The molecule has 0 spiro atoms. The average molecular weight is 768 g/mol. The molecule has 1 heterocycles. The van der Waals surface area contributed by atoms with Crippen LogP contribution >= 0.6 is 7.82 Å². The summed E-state index contributed by atoms with van der Waals surface area (Å²) < 4.78 is 39.1. The normalized spacial score (nSPS) is 17.8. The summed E-state index contributed by atoms with van der Waals surface area (Å²) in [5, 5.41) is 0. The highest BCUT2D eigenvalue weighted by molar-refractivity contribution is 7.47. The third-order valence-corrected chi connectivity index (χ3v) is 10.2. The summed E-state index contributed by atoms with van der Waals surface area (Å²) in [5.41, 5.74) is 5.37. The summed E-state index contributed by atoms with van der Waals surface area (Å²) >= 11 is 0. The maximum Gasteiger partial charge on any atom is 0.472 e. The Hall–Kier alpha value is -1.58. The molecule has 0 aliphatic carbocycles. The average Bonchev–Trinajstić information content (AvgIpc) is 3.90. The third-order valence-electron chi connectivity index (χ3n) is 9.21. The van der Waals surface area contributed by atoms with E-state index in [0.717, 1.165) is 32.1 Å². The SMILES string of the molecule is CCCCC/C=C/C/C=C/C=C\C=C/C1OC1CCCC(=O)OC(COCCCCCCCCCCCCCCCCCC)COP(=O)(O)OCCN. The van der Waals surface area contributed by atoms with Gasteiger partial charge in [0.2, 0.25) is 0 Å². The largest absolute Gasteiger partial charge is 0.472 e. The first kappa shape index (κ1) is 49.4. The Balaban J connectivity index is 2.20. The molecule has 1 aliphatic rings. The van der Waals surface area contributed by atoms with Gasteiger partial charge >= 0.3 is 13.8 Å². The molecule has 9 nitrogen and oxygen atoms in total. The van der Waals surface area contributed by atoms with Gasteiger partial charge in [0.15, 0.2) is 0 Å². The van der Waals surface area contributed by atoms with Crippen molar-refractivity contribution in [2.45, 2.75) is 186 Å². The zero-order chi connectivity index (χ0) is 38.5. The van der Waals surface area contributed by atoms with Gasteiger partial charge in [-0.2, -0.15) is 0 Å². The van der Waals surface area contributed by atoms with E-state index in [1.165, 1.54) is 109 Å². The van der Waals surface area contributed by atoms with Gasteiger partial charge < -0.3 is 24.8 Å². The van der Waals surface area contributed by atoms with Crippen LogP contribution < -0.4 is 5.73 Å². The summed E-state index contributed by atoms with van der Waals surface area (Å²) in [6.45, 7) is 4.77. The molecule has 4 unspecified atom stereocenters. The number of rotatable bonds is 39. The number of esters is 1. The first-order chi connectivity index (χ1) is 25.9. The number of phosphoric acid groups is 1. The zero-order valence-corrected chi connectivity index (χ0v) is 34.6. The summed E-state index contributed by atoms with van der Waals surface area (Å²) in [7, 11) is -4.30. The number of nitrogens with two attached hydrogens (primary N) is 1. The number of hydrogen-bond acceptors (Lipinski definition) is 8. The first-order valence-electron chi connectivity index (χ1n) is 21.3. The van der Waals surface area contributed by atoms with Gasteiger partial charge in [0.1, 0.15) is 12.2 Å². The second-order valence-corrected chi connectivity index (χ2v) is 15.8. The minimum atomic E-state index is -4.30. The predicted octanol–water partition coefficient (Wildman–Crippen LogP) is 11.4. The van der Waals surface area contributed by atoms with Crippen LogP contribution in [0.1, 0.15) is 168 Å². The van der Waals surface area contributed by atoms with E-state index >= 15 is 0 Å². The molecule has 0 aromatic carbocycles. The number of ether oxygens (including phenoxy) is 3. The molecule has 3 N–H and O–H groups in total. The molecular weight excluding hydrogens is 689 g/mol. The zero-order valence-electron chi connectivity index (χ0n) is 33.7. The van der Waals surface area contributed by atoms with Crippen molar-refractivity contribution in [1.29, 1.82) is 0 Å². The number of hydrogen-bond donors (Lipinski definition) is 2. The second kappa shape index (κ2) is 36.1. The van der Waals surface area contributed by atoms with E-state index in [1.54, 1.807) is 0 Å². The van der Waals surface area contributed by atoms with Crippen LogP contribution in [-0.4, -0.2) is 62.1 Å². The van der Waals surface area contributed by atoms with Crippen LogP contribution in [0.2, 0.25) is 0 Å². The van der Waals surface area contributed by atoms with Crippen molar-refractivity contribution in [2.24, 2.45) is 5.73 Å². The molecule has 1 rings (SSSR count). The number of carbonyl (C=O) groups excluding carboxylic acids is 1. The van der Waals surface area contributed by atoms with Crippen LogP contribution in [0, 0.1) is 0 Å². The van der Waals surface area contributed by atoms with Crippen LogP contribution in [0.15, 0.2) is 48.6 Å². The third kappa shape index (κ3) is 33.5. The molecule has 0 aromatic heterocycles. The van der Waals surface area contributed by atoms with Gasteiger partial charge in [-0.3, -0.25) is 13.8 Å². The van der Waals surface area contributed by atoms with Gasteiger partial charge in [-0.25, -0.2) is 4.57 Å². The summed E-state index contributed by atoms with van der Waals surface area (Å²) in [6.07, 6.45) is 44.4. The summed E-state index contributed by atoms with van der Waals surface area (Å²) in [4.78, 5) is 22.5. The van der Waals surface area contributed by atoms with Crippen molar-refractivity contribution in [3.8, 4) is 0 Å². The molecule has 53 heavy (non-hydrogen) atoms. The van der Waals surface area contributed by atoms with Crippen molar-refractivity contribution in [1.82, 2.24) is 0 Å². The maximum absolute atomic E-state index is 12.6. The Labute approximate surface area is 324 Å². The van der Waals surface area contributed by atoms with Crippen LogP contribution in [0.25, 0.3) is 0 Å². The highest BCUT2D eigenvalue weighted by Crippen LogP contribution is 2.43. The van der Waals surface area contributed by atoms with Crippen molar-refractivity contribution in [2.75, 3.05) is 33.0 Å². The van der Waals surface area contributed by atoms with E-state index in [4.69, 9.17) is 29.0 Å². The smallest absolute Gasteiger partial charge is 0.457 e. The maximum atomic E-state index is 12.6. The molecule has 0 saturated carbocycles. The monoisotopic (exact) mass is 768 g/mol. The Morgan fingerprint density at radius 1 is 0.717 bits per heavy atom. The lowest BCUT2D eigenvalue weighted by Gasteiger charge is -2.20. The van der Waals surface area contributed by atoms with Gasteiger partial charge in [0.25, 0.3) is 0 Å². The van der Waals surface area contributed by atoms with Gasteiger partial charge in [-0.1, -0.05) is 172 Å². The van der Waals surface area contributed by atoms with Crippen LogP contribution in [-0.2, 0) is 32.6 Å². The topological polar surface area (TPSA) is 130 Å². The van der Waals surface area contributed by atoms with Crippen molar-refractivity contribution < 1.29 is 37.5 Å². The Morgan fingerprint density at radius 2 is 1.32 bits per heavy atom. The lowest BCUT2D eigenvalue weighted by Crippen LogP contribution is -2.28. The Morgan fingerprint density at radius 3 is 1.96 bits per heavy atom. The molecule has 0 amide bonds. The van der Waals surface area contributed by atoms with E-state index in [9.17, 15) is 14.3 Å². The molecule has 10 heteroatoms. The summed E-state index contributed by atoms with van der Waals surface area (Å²) in [5.74, 6) is -0.404. The van der Waals surface area contributed by atoms with Crippen LogP contribution in [0.4, 0.5) is 0 Å². The number of unbranched alkanes of at least 4 members (excludes halogenated alkanes) is 18. The van der Waals surface area contributed by atoms with E-state index in [1.807, 2.05) is 24.3 Å². The number of phosphoric ester groups is 1. The summed E-state index contributed by atoms with van der Waals surface area (Å²) in [6, 6.07) is 0. The fourth-order valence-electron chi connectivity index (χ4n) is 5.98. The molecular formula is C43H78NO8P. The fourth-order valence-corrected chi connectivity index (χ4v) is 6.75. The van der Waals surface area contributed by atoms with Crippen LogP contribution in [0.3, 0.4) is 0 Å². The second-order valence-electron chi connectivity index (χ2n) is 14.3.